The Hall–Kier alpha value is -2.77. The molecule has 1 saturated carbocycles. The van der Waals surface area contributed by atoms with Crippen molar-refractivity contribution in [3.8, 4) is 11.5 Å². The minimum Gasteiger partial charge on any atom is -0.494 e. The lowest BCUT2D eigenvalue weighted by molar-refractivity contribution is -0.150. The molecule has 1 aromatic carbocycles. The summed E-state index contributed by atoms with van der Waals surface area (Å²) in [6.45, 7) is 3.65. The van der Waals surface area contributed by atoms with Gasteiger partial charge in [-0.3, -0.25) is 10.1 Å². The molecular formula is C20H28N2O6. The minimum atomic E-state index is -0.703. The molecule has 2 atom stereocenters. The van der Waals surface area contributed by atoms with Crippen molar-refractivity contribution in [2.75, 3.05) is 19.8 Å². The van der Waals surface area contributed by atoms with Crippen molar-refractivity contribution in [2.45, 2.75) is 45.6 Å². The minimum absolute atomic E-state index is 0.0617. The van der Waals surface area contributed by atoms with Crippen LogP contribution in [-0.4, -0.2) is 43.8 Å². The van der Waals surface area contributed by atoms with Crippen LogP contribution in [-0.2, 0) is 14.3 Å². The molecule has 0 bridgehead atoms. The summed E-state index contributed by atoms with van der Waals surface area (Å²) in [7, 11) is 0. The molecule has 1 aliphatic carbocycles. The van der Waals surface area contributed by atoms with Gasteiger partial charge in [0.25, 0.3) is 5.91 Å². The van der Waals surface area contributed by atoms with E-state index in [2.05, 4.69) is 17.6 Å². The first kappa shape index (κ1) is 21.5. The first-order chi connectivity index (χ1) is 13.5. The van der Waals surface area contributed by atoms with Crippen LogP contribution in [0, 0.1) is 5.92 Å². The van der Waals surface area contributed by atoms with Gasteiger partial charge in [0, 0.05) is 6.04 Å². The molecule has 0 heterocycles. The molecule has 0 unspecified atom stereocenters. The molecule has 0 aromatic heterocycles. The average molecular weight is 392 g/mol. The molecule has 3 amide bonds. The van der Waals surface area contributed by atoms with E-state index in [-0.39, 0.29) is 12.6 Å². The lowest BCUT2D eigenvalue weighted by Gasteiger charge is -2.29. The van der Waals surface area contributed by atoms with E-state index in [0.717, 1.165) is 25.7 Å². The molecule has 154 valence electrons. The van der Waals surface area contributed by atoms with E-state index >= 15 is 0 Å². The van der Waals surface area contributed by atoms with E-state index < -0.39 is 24.5 Å². The van der Waals surface area contributed by atoms with E-state index in [4.69, 9.17) is 14.2 Å². The zero-order valence-corrected chi connectivity index (χ0v) is 16.4. The standard InChI is InChI=1S/C20H28N2O6/c1-3-26-15-8-10-16(11-9-15)27-13-19(24)28-12-18(23)22-20(25)21-17-7-5-4-6-14(17)2/h8-11,14,17H,3-7,12-13H2,1-2H3,(H2,21,22,23,25)/t14-,17+/m1/s1. The summed E-state index contributed by atoms with van der Waals surface area (Å²) in [5, 5.41) is 4.98. The van der Waals surface area contributed by atoms with Gasteiger partial charge in [-0.25, -0.2) is 9.59 Å². The predicted octanol–water partition coefficient (Wildman–Crippen LogP) is 2.41. The van der Waals surface area contributed by atoms with Crippen molar-refractivity contribution in [2.24, 2.45) is 5.92 Å². The molecule has 2 N–H and O–H groups in total. The SMILES string of the molecule is CCOc1ccc(OCC(=O)OCC(=O)NC(=O)N[C@H]2CCCC[C@H]2C)cc1. The molecule has 1 aliphatic rings. The second-order valence-electron chi connectivity index (χ2n) is 6.74. The van der Waals surface area contributed by atoms with Gasteiger partial charge in [0.1, 0.15) is 11.5 Å². The largest absolute Gasteiger partial charge is 0.494 e. The third kappa shape index (κ3) is 7.46. The Bertz CT molecular complexity index is 661. The van der Waals surface area contributed by atoms with Crippen LogP contribution in [0.15, 0.2) is 24.3 Å². The summed E-state index contributed by atoms with van der Waals surface area (Å²) in [5.74, 6) is 0.175. The third-order valence-corrected chi connectivity index (χ3v) is 4.54. The summed E-state index contributed by atoms with van der Waals surface area (Å²) in [5.41, 5.74) is 0. The number of carbonyl (C=O) groups is 3. The highest BCUT2D eigenvalue weighted by atomic mass is 16.6. The number of hydrogen-bond acceptors (Lipinski definition) is 6. The van der Waals surface area contributed by atoms with Crippen molar-refractivity contribution >= 4 is 17.9 Å². The monoisotopic (exact) mass is 392 g/mol. The Balaban J connectivity index is 1.63. The third-order valence-electron chi connectivity index (χ3n) is 4.54. The maximum Gasteiger partial charge on any atom is 0.344 e. The van der Waals surface area contributed by atoms with Gasteiger partial charge < -0.3 is 19.5 Å². The Morgan fingerprint density at radius 2 is 1.64 bits per heavy atom. The Morgan fingerprint density at radius 1 is 1.00 bits per heavy atom. The maximum atomic E-state index is 11.9. The van der Waals surface area contributed by atoms with Gasteiger partial charge in [0.05, 0.1) is 6.61 Å². The molecule has 1 fully saturated rings. The molecule has 8 nitrogen and oxygen atoms in total. The highest BCUT2D eigenvalue weighted by Gasteiger charge is 2.23. The second kappa shape index (κ2) is 11.2. The van der Waals surface area contributed by atoms with Gasteiger partial charge in [-0.2, -0.15) is 0 Å². The number of carbonyl (C=O) groups excluding carboxylic acids is 3. The average Bonchev–Trinajstić information content (AvgIpc) is 2.68. The second-order valence-corrected chi connectivity index (χ2v) is 6.74. The highest BCUT2D eigenvalue weighted by molar-refractivity contribution is 5.95. The molecule has 0 radical (unpaired) electrons. The summed E-state index contributed by atoms with van der Waals surface area (Å²) in [4.78, 5) is 35.3. The van der Waals surface area contributed by atoms with E-state index in [1.54, 1.807) is 24.3 Å². The molecular weight excluding hydrogens is 364 g/mol. The summed E-state index contributed by atoms with van der Waals surface area (Å²) >= 11 is 0. The Kier molecular flexibility index (Phi) is 8.58. The van der Waals surface area contributed by atoms with Crippen LogP contribution < -0.4 is 20.1 Å². The first-order valence-electron chi connectivity index (χ1n) is 9.59. The van der Waals surface area contributed by atoms with E-state index in [9.17, 15) is 14.4 Å². The van der Waals surface area contributed by atoms with E-state index in [1.165, 1.54) is 0 Å². The van der Waals surface area contributed by atoms with Crippen molar-refractivity contribution in [1.82, 2.24) is 10.6 Å². The molecule has 2 rings (SSSR count). The van der Waals surface area contributed by atoms with Crippen LogP contribution in [0.1, 0.15) is 39.5 Å². The topological polar surface area (TPSA) is 103 Å². The lowest BCUT2D eigenvalue weighted by Crippen LogP contribution is -2.48. The van der Waals surface area contributed by atoms with Crippen LogP contribution in [0.4, 0.5) is 4.79 Å². The molecule has 1 aromatic rings. The van der Waals surface area contributed by atoms with Gasteiger partial charge in [-0.05, 0) is 49.9 Å². The van der Waals surface area contributed by atoms with E-state index in [0.29, 0.717) is 24.0 Å². The molecule has 0 spiro atoms. The zero-order valence-electron chi connectivity index (χ0n) is 16.4. The van der Waals surface area contributed by atoms with Crippen LogP contribution in [0.2, 0.25) is 0 Å². The van der Waals surface area contributed by atoms with Crippen molar-refractivity contribution < 1.29 is 28.6 Å². The number of hydrogen-bond donors (Lipinski definition) is 2. The summed E-state index contributed by atoms with van der Waals surface area (Å²) in [6, 6.07) is 6.28. The molecule has 8 heteroatoms. The van der Waals surface area contributed by atoms with Gasteiger partial charge in [-0.1, -0.05) is 19.8 Å². The number of esters is 1. The predicted molar refractivity (Wildman–Crippen MR) is 102 cm³/mol. The van der Waals surface area contributed by atoms with Crippen molar-refractivity contribution in [3.63, 3.8) is 0 Å². The van der Waals surface area contributed by atoms with Gasteiger partial charge in [0.2, 0.25) is 0 Å². The van der Waals surface area contributed by atoms with Crippen molar-refractivity contribution in [1.29, 1.82) is 0 Å². The fourth-order valence-corrected chi connectivity index (χ4v) is 3.03. The first-order valence-corrected chi connectivity index (χ1v) is 9.59. The summed E-state index contributed by atoms with van der Waals surface area (Å²) in [6.07, 6.45) is 4.19. The molecule has 0 saturated heterocycles. The molecule has 28 heavy (non-hydrogen) atoms. The number of benzene rings is 1. The van der Waals surface area contributed by atoms with Crippen LogP contribution in [0.25, 0.3) is 0 Å². The number of ether oxygens (including phenoxy) is 3. The molecule has 0 aliphatic heterocycles. The number of imide groups is 1. The number of amides is 3. The Morgan fingerprint density at radius 3 is 2.29 bits per heavy atom. The maximum absolute atomic E-state index is 11.9. The fraction of sp³-hybridized carbons (Fsp3) is 0.550. The van der Waals surface area contributed by atoms with Gasteiger partial charge in [0.15, 0.2) is 13.2 Å². The van der Waals surface area contributed by atoms with Crippen molar-refractivity contribution in [3.05, 3.63) is 24.3 Å². The van der Waals surface area contributed by atoms with E-state index in [1.807, 2.05) is 6.92 Å². The quantitative estimate of drug-likeness (QED) is 0.659. The Labute approximate surface area is 164 Å². The number of nitrogens with one attached hydrogen (secondary N) is 2. The van der Waals surface area contributed by atoms with Gasteiger partial charge in [-0.15, -0.1) is 0 Å². The van der Waals surface area contributed by atoms with Crippen LogP contribution in [0.5, 0.6) is 11.5 Å². The normalized spacial score (nSPS) is 18.6. The lowest BCUT2D eigenvalue weighted by atomic mass is 9.86. The summed E-state index contributed by atoms with van der Waals surface area (Å²) < 4.78 is 15.4. The number of rotatable bonds is 8. The van der Waals surface area contributed by atoms with Crippen LogP contribution >= 0.6 is 0 Å². The smallest absolute Gasteiger partial charge is 0.344 e. The fourth-order valence-electron chi connectivity index (χ4n) is 3.03. The zero-order chi connectivity index (χ0) is 20.4. The number of urea groups is 1. The van der Waals surface area contributed by atoms with Crippen LogP contribution in [0.3, 0.4) is 0 Å². The van der Waals surface area contributed by atoms with Gasteiger partial charge >= 0.3 is 12.0 Å². The highest BCUT2D eigenvalue weighted by Crippen LogP contribution is 2.23.